The quantitative estimate of drug-likeness (QED) is 0.222. The Kier molecular flexibility index (Phi) is 5.22. The summed E-state index contributed by atoms with van der Waals surface area (Å²) in [6.45, 7) is 18.7. The summed E-state index contributed by atoms with van der Waals surface area (Å²) in [6.07, 6.45) is 2.44. The largest absolute Gasteiger partial charge is 0.0689 e. The van der Waals surface area contributed by atoms with E-state index in [4.69, 9.17) is 0 Å². The van der Waals surface area contributed by atoms with E-state index in [0.29, 0.717) is 0 Å². The van der Waals surface area contributed by atoms with Crippen molar-refractivity contribution in [1.82, 2.24) is 0 Å². The molecule has 0 saturated carbocycles. The Labute approximate surface area is 221 Å². The summed E-state index contributed by atoms with van der Waals surface area (Å²) in [5.41, 5.74) is 13.1. The second kappa shape index (κ2) is 8.06. The molecule has 2 aliphatic rings. The summed E-state index contributed by atoms with van der Waals surface area (Å²) < 4.78 is 0. The molecule has 0 amide bonds. The molecule has 0 unspecified atom stereocenters. The minimum absolute atomic E-state index is 0.0547. The second-order valence-corrected chi connectivity index (χ2v) is 13.2. The smallest absolute Gasteiger partial charge is 0.0364 e. The minimum Gasteiger partial charge on any atom is -0.0689 e. The van der Waals surface area contributed by atoms with Crippen molar-refractivity contribution in [2.45, 2.75) is 72.1 Å². The van der Waals surface area contributed by atoms with E-state index in [2.05, 4.69) is 134 Å². The fourth-order valence-corrected chi connectivity index (χ4v) is 6.71. The van der Waals surface area contributed by atoms with E-state index in [9.17, 15) is 0 Å². The maximum Gasteiger partial charge on any atom is 0.0364 e. The Bertz CT molecular complexity index is 1730. The molecule has 4 aromatic carbocycles. The van der Waals surface area contributed by atoms with E-state index in [1.54, 1.807) is 0 Å². The summed E-state index contributed by atoms with van der Waals surface area (Å²) in [7, 11) is 0. The molecule has 0 spiro atoms. The van der Waals surface area contributed by atoms with Crippen LogP contribution >= 0.6 is 0 Å². The third-order valence-electron chi connectivity index (χ3n) is 8.35. The molecule has 0 radical (unpaired) electrons. The van der Waals surface area contributed by atoms with Crippen molar-refractivity contribution < 1.29 is 0 Å². The Morgan fingerprint density at radius 2 is 1.16 bits per heavy atom. The van der Waals surface area contributed by atoms with Gasteiger partial charge < -0.3 is 0 Å². The number of rotatable bonds is 1. The van der Waals surface area contributed by atoms with Gasteiger partial charge >= 0.3 is 0 Å². The lowest BCUT2D eigenvalue weighted by Crippen LogP contribution is -2.19. The number of benzene rings is 4. The summed E-state index contributed by atoms with van der Waals surface area (Å²) in [4.78, 5) is 0. The first kappa shape index (κ1) is 24.0. The monoisotopic (exact) mass is 482 g/mol. The topological polar surface area (TPSA) is 0 Å². The van der Waals surface area contributed by atoms with Gasteiger partial charge in [0.05, 0.1) is 0 Å². The van der Waals surface area contributed by atoms with Crippen LogP contribution in [0.1, 0.15) is 94.7 Å². The van der Waals surface area contributed by atoms with Crippen molar-refractivity contribution in [3.05, 3.63) is 127 Å². The van der Waals surface area contributed by atoms with Gasteiger partial charge in [-0.1, -0.05) is 120 Å². The van der Waals surface area contributed by atoms with Crippen LogP contribution in [0.4, 0.5) is 0 Å². The Morgan fingerprint density at radius 3 is 1.70 bits per heavy atom. The highest BCUT2D eigenvalue weighted by Crippen LogP contribution is 2.54. The normalized spacial score (nSPS) is 14.1. The molecule has 186 valence electrons. The van der Waals surface area contributed by atoms with Crippen LogP contribution in [0.25, 0.3) is 22.8 Å². The molecule has 6 rings (SSSR count). The van der Waals surface area contributed by atoms with Crippen molar-refractivity contribution >= 4 is 11.6 Å². The molecule has 0 saturated heterocycles. The van der Waals surface area contributed by atoms with Crippen molar-refractivity contribution in [3.8, 4) is 11.1 Å². The van der Waals surface area contributed by atoms with Crippen LogP contribution < -0.4 is 10.4 Å². The van der Waals surface area contributed by atoms with Gasteiger partial charge in [0.25, 0.3) is 0 Å². The Morgan fingerprint density at radius 1 is 0.595 bits per heavy atom. The first-order chi connectivity index (χ1) is 17.5. The highest BCUT2D eigenvalue weighted by atomic mass is 14.4. The molecular weight excluding hydrogens is 444 g/mol. The maximum atomic E-state index is 2.44. The Hall–Kier alpha value is -3.38. The van der Waals surface area contributed by atoms with Crippen LogP contribution in [0.3, 0.4) is 0 Å². The number of hydrogen-bond acceptors (Lipinski definition) is 0. The zero-order valence-corrected chi connectivity index (χ0v) is 23.6. The fraction of sp³-hybridized carbons (Fsp3) is 0.297. The average Bonchev–Trinajstić information content (AvgIpc) is 3.37. The van der Waals surface area contributed by atoms with Gasteiger partial charge in [-0.25, -0.2) is 0 Å². The van der Waals surface area contributed by atoms with E-state index in [1.165, 1.54) is 71.0 Å². The molecule has 0 bridgehead atoms. The average molecular weight is 483 g/mol. The third kappa shape index (κ3) is 3.57. The molecule has 4 aromatic rings. The maximum absolute atomic E-state index is 2.44. The van der Waals surface area contributed by atoms with Crippen LogP contribution in [-0.4, -0.2) is 0 Å². The molecule has 37 heavy (non-hydrogen) atoms. The Balaban J connectivity index is 1.82. The molecule has 0 fully saturated rings. The van der Waals surface area contributed by atoms with Crippen LogP contribution in [0.15, 0.2) is 72.8 Å². The fourth-order valence-electron chi connectivity index (χ4n) is 6.71. The van der Waals surface area contributed by atoms with Gasteiger partial charge in [-0.2, -0.15) is 0 Å². The zero-order chi connectivity index (χ0) is 26.3. The van der Waals surface area contributed by atoms with E-state index >= 15 is 0 Å². The SMILES string of the molecule is CC(C)=c1ccc2c(c1C1c3cccc(C(C)(C)C)c3-c3c1cccc3C(C)(C)C)C=c1ccccc1=2. The van der Waals surface area contributed by atoms with Crippen LogP contribution in [0.5, 0.6) is 0 Å². The molecule has 0 nitrogen and oxygen atoms in total. The lowest BCUT2D eigenvalue weighted by atomic mass is 9.77. The zero-order valence-electron chi connectivity index (χ0n) is 23.6. The number of fused-ring (bicyclic) bond motifs is 5. The summed E-state index contributed by atoms with van der Waals surface area (Å²) in [5, 5.41) is 5.43. The first-order valence-electron chi connectivity index (χ1n) is 13.7. The van der Waals surface area contributed by atoms with E-state index < -0.39 is 0 Å². The van der Waals surface area contributed by atoms with E-state index in [-0.39, 0.29) is 16.7 Å². The van der Waals surface area contributed by atoms with Gasteiger partial charge in [0.15, 0.2) is 0 Å². The summed E-state index contributed by atoms with van der Waals surface area (Å²) in [6, 6.07) is 27.7. The standard InChI is InChI=1S/C37H38/c1-22(2)24-19-20-26-25-14-10-9-13-23(25)21-29(26)32(24)33-27-15-11-17-30(36(3,4)5)34(27)35-28(33)16-12-18-31(35)37(6,7)8/h9-21,33H,1-8H3. The first-order valence-corrected chi connectivity index (χ1v) is 13.7. The molecule has 0 aromatic heterocycles. The highest BCUT2D eigenvalue weighted by Gasteiger charge is 2.38. The van der Waals surface area contributed by atoms with Gasteiger partial charge in [-0.15, -0.1) is 0 Å². The van der Waals surface area contributed by atoms with Crippen LogP contribution in [0, 0.1) is 10.4 Å². The van der Waals surface area contributed by atoms with Crippen molar-refractivity contribution in [2.75, 3.05) is 0 Å². The van der Waals surface area contributed by atoms with Gasteiger partial charge in [-0.05, 0) is 96.1 Å². The summed E-state index contributed by atoms with van der Waals surface area (Å²) in [5.74, 6) is 0.208. The predicted molar refractivity (Wildman–Crippen MR) is 158 cm³/mol. The molecule has 0 heteroatoms. The van der Waals surface area contributed by atoms with Gasteiger partial charge in [0.2, 0.25) is 0 Å². The molecule has 0 heterocycles. The minimum atomic E-state index is 0.0547. The summed E-state index contributed by atoms with van der Waals surface area (Å²) >= 11 is 0. The lowest BCUT2D eigenvalue weighted by molar-refractivity contribution is 0.585. The van der Waals surface area contributed by atoms with E-state index in [1.807, 2.05) is 0 Å². The van der Waals surface area contributed by atoms with E-state index in [0.717, 1.165) is 0 Å². The van der Waals surface area contributed by atoms with Gasteiger partial charge in [-0.3, -0.25) is 0 Å². The third-order valence-corrected chi connectivity index (χ3v) is 8.35. The van der Waals surface area contributed by atoms with Crippen molar-refractivity contribution in [3.63, 3.8) is 0 Å². The predicted octanol–water partition coefficient (Wildman–Crippen LogP) is 8.06. The van der Waals surface area contributed by atoms with Gasteiger partial charge in [0, 0.05) is 5.92 Å². The molecular formula is C37H38. The van der Waals surface area contributed by atoms with Crippen LogP contribution in [-0.2, 0) is 10.8 Å². The molecule has 2 aliphatic carbocycles. The highest BCUT2D eigenvalue weighted by molar-refractivity contribution is 5.87. The molecule has 0 atom stereocenters. The molecule has 0 N–H and O–H groups in total. The van der Waals surface area contributed by atoms with Crippen LogP contribution in [0.2, 0.25) is 0 Å². The second-order valence-electron chi connectivity index (χ2n) is 13.2. The van der Waals surface area contributed by atoms with Crippen molar-refractivity contribution in [2.24, 2.45) is 0 Å². The lowest BCUT2D eigenvalue weighted by Gasteiger charge is -2.27. The molecule has 0 aliphatic heterocycles. The number of hydrogen-bond donors (Lipinski definition) is 0. The van der Waals surface area contributed by atoms with Crippen molar-refractivity contribution in [1.29, 1.82) is 0 Å². The van der Waals surface area contributed by atoms with Gasteiger partial charge in [0.1, 0.15) is 0 Å².